The predicted octanol–water partition coefficient (Wildman–Crippen LogP) is -0.512. The maximum atomic E-state index is 11.1. The molecule has 4 nitrogen and oxygen atoms in total. The van der Waals surface area contributed by atoms with Crippen LogP contribution >= 0.6 is 12.2 Å². The highest BCUT2D eigenvalue weighted by atomic mass is 32.1. The Morgan fingerprint density at radius 2 is 2.25 bits per heavy atom. The molecule has 0 aromatic rings. The predicted molar refractivity (Wildman–Crippen MR) is 50.6 cm³/mol. The van der Waals surface area contributed by atoms with Crippen LogP contribution in [0.5, 0.6) is 0 Å². The Hall–Kier alpha value is -0.680. The van der Waals surface area contributed by atoms with E-state index in [4.69, 9.17) is 18.0 Å². The molecule has 1 saturated heterocycles. The third-order valence-electron chi connectivity index (χ3n) is 1.81. The van der Waals surface area contributed by atoms with Gasteiger partial charge in [-0.2, -0.15) is 0 Å². The smallest absolute Gasteiger partial charge is 0.248 e. The monoisotopic (exact) mass is 187 g/mol. The second kappa shape index (κ2) is 4.37. The van der Waals surface area contributed by atoms with Crippen molar-refractivity contribution in [3.63, 3.8) is 0 Å². The van der Waals surface area contributed by atoms with Crippen LogP contribution in [-0.4, -0.2) is 23.6 Å². The molecular formula is C7H13N3OS. The van der Waals surface area contributed by atoms with Crippen LogP contribution in [0.1, 0.15) is 19.3 Å². The van der Waals surface area contributed by atoms with Crippen LogP contribution in [-0.2, 0) is 4.79 Å². The van der Waals surface area contributed by atoms with E-state index in [1.807, 2.05) is 0 Å². The minimum Gasteiger partial charge on any atom is -0.351 e. The molecule has 1 heterocycles. The number of carbonyl (C=O) groups is 1. The first-order valence-electron chi connectivity index (χ1n) is 4.05. The quantitative estimate of drug-likeness (QED) is 0.409. The molecule has 0 unspecified atom stereocenters. The average molecular weight is 187 g/mol. The zero-order chi connectivity index (χ0) is 8.97. The molecule has 0 radical (unpaired) electrons. The van der Waals surface area contributed by atoms with Gasteiger partial charge in [-0.1, -0.05) is 0 Å². The first-order valence-corrected chi connectivity index (χ1v) is 4.46. The fourth-order valence-electron chi connectivity index (χ4n) is 1.15. The zero-order valence-corrected chi connectivity index (χ0v) is 7.62. The second-order valence-corrected chi connectivity index (χ2v) is 3.21. The standard InChI is InChI=1S/C7H13N3OS/c8-4-2-1-3-5-6(11)10-7(12)9-5/h5H,1-4,8H2,(H2,9,10,11,12)/t5-/m0/s1. The number of hydrogen-bond acceptors (Lipinski definition) is 3. The van der Waals surface area contributed by atoms with Crippen molar-refractivity contribution >= 4 is 23.2 Å². The molecule has 0 aromatic heterocycles. The Kier molecular flexibility index (Phi) is 3.43. The zero-order valence-electron chi connectivity index (χ0n) is 6.80. The van der Waals surface area contributed by atoms with E-state index in [2.05, 4.69) is 10.6 Å². The summed E-state index contributed by atoms with van der Waals surface area (Å²) in [5.41, 5.74) is 5.33. The summed E-state index contributed by atoms with van der Waals surface area (Å²) >= 11 is 4.78. The number of hydrogen-bond donors (Lipinski definition) is 3. The van der Waals surface area contributed by atoms with E-state index in [0.29, 0.717) is 11.7 Å². The normalized spacial score (nSPS) is 22.2. The minimum atomic E-state index is -0.135. The Morgan fingerprint density at radius 3 is 2.75 bits per heavy atom. The number of nitrogens with two attached hydrogens (primary N) is 1. The van der Waals surface area contributed by atoms with Gasteiger partial charge in [0.05, 0.1) is 0 Å². The first-order chi connectivity index (χ1) is 5.74. The highest BCUT2D eigenvalue weighted by Gasteiger charge is 2.25. The molecule has 0 aliphatic carbocycles. The van der Waals surface area contributed by atoms with E-state index >= 15 is 0 Å². The molecule has 68 valence electrons. The molecule has 0 spiro atoms. The molecule has 4 N–H and O–H groups in total. The average Bonchev–Trinajstić information content (AvgIpc) is 2.31. The van der Waals surface area contributed by atoms with Crippen molar-refractivity contribution in [2.24, 2.45) is 5.73 Å². The highest BCUT2D eigenvalue weighted by molar-refractivity contribution is 7.80. The number of nitrogens with one attached hydrogen (secondary N) is 2. The molecule has 0 bridgehead atoms. The van der Waals surface area contributed by atoms with Crippen molar-refractivity contribution in [1.29, 1.82) is 0 Å². The molecule has 1 aliphatic rings. The molecule has 1 aliphatic heterocycles. The van der Waals surface area contributed by atoms with Crippen molar-refractivity contribution in [2.45, 2.75) is 25.3 Å². The van der Waals surface area contributed by atoms with Crippen LogP contribution in [0.15, 0.2) is 0 Å². The van der Waals surface area contributed by atoms with Gasteiger partial charge in [0.1, 0.15) is 6.04 Å². The SMILES string of the molecule is NCCCC[C@@H]1NC(=S)NC1=O. The summed E-state index contributed by atoms with van der Waals surface area (Å²) in [5.74, 6) is -0.0166. The van der Waals surface area contributed by atoms with Crippen LogP contribution in [0.3, 0.4) is 0 Å². The third-order valence-corrected chi connectivity index (χ3v) is 2.03. The van der Waals surface area contributed by atoms with Gasteiger partial charge in [0.25, 0.3) is 0 Å². The summed E-state index contributed by atoms with van der Waals surface area (Å²) in [7, 11) is 0. The van der Waals surface area contributed by atoms with E-state index in [-0.39, 0.29) is 11.9 Å². The number of amides is 1. The van der Waals surface area contributed by atoms with Crippen LogP contribution in [0.25, 0.3) is 0 Å². The lowest BCUT2D eigenvalue weighted by Gasteiger charge is -2.05. The van der Waals surface area contributed by atoms with Gasteiger partial charge in [0.2, 0.25) is 5.91 Å². The maximum absolute atomic E-state index is 11.1. The lowest BCUT2D eigenvalue weighted by Crippen LogP contribution is -2.28. The summed E-state index contributed by atoms with van der Waals surface area (Å²) in [5, 5.41) is 5.88. The lowest BCUT2D eigenvalue weighted by atomic mass is 10.1. The van der Waals surface area contributed by atoms with Crippen molar-refractivity contribution in [3.8, 4) is 0 Å². The summed E-state index contributed by atoms with van der Waals surface area (Å²) < 4.78 is 0. The van der Waals surface area contributed by atoms with Gasteiger partial charge in [-0.3, -0.25) is 4.79 Å². The lowest BCUT2D eigenvalue weighted by molar-refractivity contribution is -0.120. The molecule has 1 rings (SSSR count). The fraction of sp³-hybridized carbons (Fsp3) is 0.714. The molecular weight excluding hydrogens is 174 g/mol. The van der Waals surface area contributed by atoms with Gasteiger partial charge in [-0.15, -0.1) is 0 Å². The second-order valence-electron chi connectivity index (χ2n) is 2.80. The highest BCUT2D eigenvalue weighted by Crippen LogP contribution is 2.03. The van der Waals surface area contributed by atoms with Crippen molar-refractivity contribution < 1.29 is 4.79 Å². The van der Waals surface area contributed by atoms with Gasteiger partial charge < -0.3 is 16.4 Å². The van der Waals surface area contributed by atoms with Crippen LogP contribution in [0.2, 0.25) is 0 Å². The molecule has 1 amide bonds. The summed E-state index contributed by atoms with van der Waals surface area (Å²) in [6.45, 7) is 0.679. The van der Waals surface area contributed by atoms with E-state index in [0.717, 1.165) is 19.3 Å². The topological polar surface area (TPSA) is 67.2 Å². The first kappa shape index (κ1) is 9.41. The Morgan fingerprint density at radius 1 is 1.50 bits per heavy atom. The van der Waals surface area contributed by atoms with Gasteiger partial charge in [-0.05, 0) is 38.0 Å². The van der Waals surface area contributed by atoms with E-state index < -0.39 is 0 Å². The number of thiocarbonyl (C=S) groups is 1. The largest absolute Gasteiger partial charge is 0.351 e. The van der Waals surface area contributed by atoms with Crippen LogP contribution in [0.4, 0.5) is 0 Å². The van der Waals surface area contributed by atoms with Gasteiger partial charge >= 0.3 is 0 Å². The molecule has 1 fully saturated rings. The number of unbranched alkanes of at least 4 members (excludes halogenated alkanes) is 1. The van der Waals surface area contributed by atoms with Gasteiger partial charge in [0.15, 0.2) is 5.11 Å². The summed E-state index contributed by atoms with van der Waals surface area (Å²) in [6, 6.07) is -0.135. The van der Waals surface area contributed by atoms with E-state index in [1.165, 1.54) is 0 Å². The summed E-state index contributed by atoms with van der Waals surface area (Å²) in [4.78, 5) is 11.1. The molecule has 1 atom stereocenters. The van der Waals surface area contributed by atoms with Crippen LogP contribution < -0.4 is 16.4 Å². The Balaban J connectivity index is 2.24. The third kappa shape index (κ3) is 2.42. The molecule has 0 aromatic carbocycles. The van der Waals surface area contributed by atoms with Crippen molar-refractivity contribution in [1.82, 2.24) is 10.6 Å². The molecule has 12 heavy (non-hydrogen) atoms. The Bertz CT molecular complexity index is 195. The fourth-order valence-corrected chi connectivity index (χ4v) is 1.40. The maximum Gasteiger partial charge on any atom is 0.248 e. The van der Waals surface area contributed by atoms with Gasteiger partial charge in [0, 0.05) is 0 Å². The van der Waals surface area contributed by atoms with E-state index in [9.17, 15) is 4.79 Å². The van der Waals surface area contributed by atoms with E-state index in [1.54, 1.807) is 0 Å². The number of carbonyl (C=O) groups excluding carboxylic acids is 1. The van der Waals surface area contributed by atoms with Crippen molar-refractivity contribution in [2.75, 3.05) is 6.54 Å². The van der Waals surface area contributed by atoms with Crippen LogP contribution in [0, 0.1) is 0 Å². The van der Waals surface area contributed by atoms with Crippen molar-refractivity contribution in [3.05, 3.63) is 0 Å². The summed E-state index contributed by atoms with van der Waals surface area (Å²) in [6.07, 6.45) is 2.73. The van der Waals surface area contributed by atoms with Gasteiger partial charge in [-0.25, -0.2) is 0 Å². The number of rotatable bonds is 4. The minimum absolute atomic E-state index is 0.0166. The molecule has 0 saturated carbocycles. The Labute approximate surface area is 76.9 Å². The molecule has 5 heteroatoms.